The molecule has 2 bridgehead atoms. The summed E-state index contributed by atoms with van der Waals surface area (Å²) in [6.45, 7) is 8.94. The molecule has 0 aromatic rings. The second kappa shape index (κ2) is 1.94. The molecule has 68 valence electrons. The Balaban J connectivity index is 2.48. The fourth-order valence-corrected chi connectivity index (χ4v) is 3.54. The zero-order valence-electron chi connectivity index (χ0n) is 8.48. The first-order valence-electron chi connectivity index (χ1n) is 4.94. The normalized spacial score (nSPS) is 58.2. The van der Waals surface area contributed by atoms with Crippen molar-refractivity contribution in [2.24, 2.45) is 22.7 Å². The summed E-state index contributed by atoms with van der Waals surface area (Å²) in [5, 5.41) is 0. The van der Waals surface area contributed by atoms with Crippen LogP contribution < -0.4 is 0 Å². The molecule has 0 heterocycles. The molecule has 0 aliphatic heterocycles. The van der Waals surface area contributed by atoms with Crippen LogP contribution in [-0.4, -0.2) is 5.78 Å². The summed E-state index contributed by atoms with van der Waals surface area (Å²) >= 11 is 0. The van der Waals surface area contributed by atoms with Crippen LogP contribution in [0.15, 0.2) is 0 Å². The zero-order valence-corrected chi connectivity index (χ0v) is 8.48. The average Bonchev–Trinajstić information content (AvgIpc) is 2.21. The minimum absolute atomic E-state index is 0.00868. The second-order valence-electron chi connectivity index (χ2n) is 5.36. The third kappa shape index (κ3) is 0.641. The number of carbonyl (C=O) groups is 1. The van der Waals surface area contributed by atoms with E-state index in [0.29, 0.717) is 23.0 Å². The van der Waals surface area contributed by atoms with Crippen LogP contribution in [0, 0.1) is 22.7 Å². The van der Waals surface area contributed by atoms with Gasteiger partial charge >= 0.3 is 0 Å². The summed E-state index contributed by atoms with van der Waals surface area (Å²) in [5.74, 6) is 1.70. The van der Waals surface area contributed by atoms with Gasteiger partial charge in [0.25, 0.3) is 0 Å². The van der Waals surface area contributed by atoms with Crippen molar-refractivity contribution in [1.29, 1.82) is 0 Å². The fourth-order valence-electron chi connectivity index (χ4n) is 3.54. The van der Waals surface area contributed by atoms with Gasteiger partial charge in [0.1, 0.15) is 5.78 Å². The van der Waals surface area contributed by atoms with Crippen molar-refractivity contribution in [2.75, 3.05) is 0 Å². The van der Waals surface area contributed by atoms with Crippen LogP contribution in [0.2, 0.25) is 0 Å². The van der Waals surface area contributed by atoms with Crippen molar-refractivity contribution >= 4 is 5.78 Å². The van der Waals surface area contributed by atoms with E-state index < -0.39 is 0 Å². The van der Waals surface area contributed by atoms with Crippen LogP contribution in [0.5, 0.6) is 0 Å². The highest BCUT2D eigenvalue weighted by Crippen LogP contribution is 2.65. The lowest BCUT2D eigenvalue weighted by Gasteiger charge is -2.28. The topological polar surface area (TPSA) is 17.1 Å². The number of carbonyl (C=O) groups excluding carboxylic acids is 1. The van der Waals surface area contributed by atoms with Crippen LogP contribution in [0.25, 0.3) is 0 Å². The minimum Gasteiger partial charge on any atom is -0.299 e. The van der Waals surface area contributed by atoms with Gasteiger partial charge < -0.3 is 0 Å². The Labute approximate surface area is 74.5 Å². The third-order valence-corrected chi connectivity index (χ3v) is 4.91. The molecule has 2 aliphatic rings. The lowest BCUT2D eigenvalue weighted by Crippen LogP contribution is -2.31. The van der Waals surface area contributed by atoms with Gasteiger partial charge in [-0.15, -0.1) is 0 Å². The predicted molar refractivity (Wildman–Crippen MR) is 48.8 cm³/mol. The third-order valence-electron chi connectivity index (χ3n) is 4.91. The van der Waals surface area contributed by atoms with E-state index in [2.05, 4.69) is 27.7 Å². The molecule has 2 aliphatic carbocycles. The van der Waals surface area contributed by atoms with Gasteiger partial charge in [-0.1, -0.05) is 27.7 Å². The molecule has 2 rings (SSSR count). The molecule has 0 N–H and O–H groups in total. The summed E-state index contributed by atoms with van der Waals surface area (Å²) in [5.41, 5.74) is 0.333. The zero-order chi connectivity index (χ0) is 9.15. The van der Waals surface area contributed by atoms with Crippen LogP contribution in [0.4, 0.5) is 0 Å². The molecule has 4 unspecified atom stereocenters. The summed E-state index contributed by atoms with van der Waals surface area (Å²) in [6.07, 6.45) is 2.07. The van der Waals surface area contributed by atoms with Crippen molar-refractivity contribution < 1.29 is 4.79 Å². The van der Waals surface area contributed by atoms with Crippen LogP contribution >= 0.6 is 0 Å². The van der Waals surface area contributed by atoms with E-state index in [1.54, 1.807) is 0 Å². The summed E-state index contributed by atoms with van der Waals surface area (Å²) < 4.78 is 0. The summed E-state index contributed by atoms with van der Waals surface area (Å²) in [4.78, 5) is 11.8. The predicted octanol–water partition coefficient (Wildman–Crippen LogP) is 2.65. The fraction of sp³-hybridized carbons (Fsp3) is 0.909. The molecule has 2 saturated carbocycles. The number of fused-ring (bicyclic) bond motifs is 2. The number of rotatable bonds is 0. The van der Waals surface area contributed by atoms with Gasteiger partial charge in [0, 0.05) is 11.8 Å². The largest absolute Gasteiger partial charge is 0.299 e. The molecule has 12 heavy (non-hydrogen) atoms. The molecule has 0 saturated heterocycles. The van der Waals surface area contributed by atoms with Gasteiger partial charge in [-0.3, -0.25) is 4.79 Å². The Morgan fingerprint density at radius 3 is 2.17 bits per heavy atom. The average molecular weight is 166 g/mol. The van der Waals surface area contributed by atoms with Gasteiger partial charge in [0.2, 0.25) is 0 Å². The van der Waals surface area contributed by atoms with Crippen molar-refractivity contribution in [2.45, 2.75) is 40.5 Å². The number of Topliss-reactive ketones (excluding diaryl/α,β-unsaturated/α-hetero) is 1. The summed E-state index contributed by atoms with van der Waals surface area (Å²) in [6, 6.07) is 0. The van der Waals surface area contributed by atoms with Crippen LogP contribution in [0.3, 0.4) is 0 Å². The van der Waals surface area contributed by atoms with E-state index in [9.17, 15) is 4.79 Å². The smallest absolute Gasteiger partial charge is 0.139 e. The molecule has 0 radical (unpaired) electrons. The number of hydrogen-bond donors (Lipinski definition) is 0. The van der Waals surface area contributed by atoms with Crippen LogP contribution in [-0.2, 0) is 4.79 Å². The maximum atomic E-state index is 11.8. The Kier molecular flexibility index (Phi) is 1.34. The molecule has 4 atom stereocenters. The molecule has 0 aromatic heterocycles. The highest BCUT2D eigenvalue weighted by atomic mass is 16.1. The Bertz CT molecular complexity index is 245. The van der Waals surface area contributed by atoms with Gasteiger partial charge in [0.05, 0.1) is 0 Å². The van der Waals surface area contributed by atoms with E-state index in [1.165, 1.54) is 6.42 Å². The molecule has 0 amide bonds. The first kappa shape index (κ1) is 8.28. The van der Waals surface area contributed by atoms with E-state index in [4.69, 9.17) is 0 Å². The Hall–Kier alpha value is -0.330. The van der Waals surface area contributed by atoms with Crippen molar-refractivity contribution in [1.82, 2.24) is 0 Å². The lowest BCUT2D eigenvalue weighted by molar-refractivity contribution is -0.129. The van der Waals surface area contributed by atoms with Gasteiger partial charge in [-0.2, -0.15) is 0 Å². The first-order valence-corrected chi connectivity index (χ1v) is 4.94. The van der Waals surface area contributed by atoms with E-state index in [0.717, 1.165) is 6.42 Å². The minimum atomic E-state index is 0.00868. The maximum Gasteiger partial charge on any atom is 0.139 e. The maximum absolute atomic E-state index is 11.8. The Morgan fingerprint density at radius 1 is 1.33 bits per heavy atom. The number of ketones is 1. The van der Waals surface area contributed by atoms with Crippen LogP contribution in [0.1, 0.15) is 40.5 Å². The lowest BCUT2D eigenvalue weighted by atomic mass is 9.74. The first-order chi connectivity index (χ1) is 5.41. The van der Waals surface area contributed by atoms with E-state index in [-0.39, 0.29) is 5.41 Å². The number of hydrogen-bond acceptors (Lipinski definition) is 1. The molecule has 1 heteroatoms. The highest BCUT2D eigenvalue weighted by Gasteiger charge is 2.63. The molecule has 2 fully saturated rings. The monoisotopic (exact) mass is 166 g/mol. The molecular weight excluding hydrogens is 148 g/mol. The van der Waals surface area contributed by atoms with Gasteiger partial charge in [-0.05, 0) is 23.7 Å². The Morgan fingerprint density at radius 2 is 1.92 bits per heavy atom. The van der Waals surface area contributed by atoms with Crippen molar-refractivity contribution in [3.63, 3.8) is 0 Å². The van der Waals surface area contributed by atoms with Crippen molar-refractivity contribution in [3.05, 3.63) is 0 Å². The SMILES string of the molecule is CC1CC2(C)CC(=O)C1(C)C2C. The molecule has 0 spiro atoms. The van der Waals surface area contributed by atoms with Gasteiger partial charge in [0.15, 0.2) is 0 Å². The van der Waals surface area contributed by atoms with E-state index >= 15 is 0 Å². The van der Waals surface area contributed by atoms with E-state index in [1.807, 2.05) is 0 Å². The quantitative estimate of drug-likeness (QED) is 0.540. The second-order valence-corrected chi connectivity index (χ2v) is 5.36. The van der Waals surface area contributed by atoms with Crippen molar-refractivity contribution in [3.8, 4) is 0 Å². The van der Waals surface area contributed by atoms with Gasteiger partial charge in [-0.25, -0.2) is 0 Å². The summed E-state index contributed by atoms with van der Waals surface area (Å²) in [7, 11) is 0. The highest BCUT2D eigenvalue weighted by molar-refractivity contribution is 5.89. The molecule has 1 nitrogen and oxygen atoms in total. The molecular formula is C11H18O. The standard InChI is InChI=1S/C11H18O/c1-7-5-10(3)6-9(12)11(7,4)8(10)2/h7-8H,5-6H2,1-4H3. The molecule has 0 aromatic carbocycles.